The predicted octanol–water partition coefficient (Wildman–Crippen LogP) is 5.16. The van der Waals surface area contributed by atoms with E-state index in [-0.39, 0.29) is 47.0 Å². The van der Waals surface area contributed by atoms with Crippen molar-refractivity contribution in [3.05, 3.63) is 93.8 Å². The van der Waals surface area contributed by atoms with Crippen LogP contribution >= 0.6 is 11.3 Å². The molecule has 0 radical (unpaired) electrons. The highest BCUT2D eigenvalue weighted by molar-refractivity contribution is 7.16. The fourth-order valence-electron chi connectivity index (χ4n) is 5.99. The van der Waals surface area contributed by atoms with E-state index in [1.807, 2.05) is 0 Å². The highest BCUT2D eigenvalue weighted by Crippen LogP contribution is 2.54. The van der Waals surface area contributed by atoms with E-state index in [4.69, 9.17) is 4.74 Å². The lowest BCUT2D eigenvalue weighted by Gasteiger charge is -2.55. The van der Waals surface area contributed by atoms with Crippen molar-refractivity contribution in [2.24, 2.45) is 0 Å². The minimum absolute atomic E-state index is 0.0182. The summed E-state index contributed by atoms with van der Waals surface area (Å²) in [6.45, 7) is 0.369. The number of morpholine rings is 1. The van der Waals surface area contributed by atoms with Gasteiger partial charge in [-0.1, -0.05) is 30.3 Å². The third kappa shape index (κ3) is 3.76. The summed E-state index contributed by atoms with van der Waals surface area (Å²) in [6.07, 6.45) is -4.29. The van der Waals surface area contributed by atoms with Gasteiger partial charge in [0.05, 0.1) is 19.3 Å². The minimum Gasteiger partial charge on any atom is -0.507 e. The monoisotopic (exact) mass is 589 g/mol. The molecule has 0 spiro atoms. The Hall–Kier alpha value is -3.78. The number of carbonyl (C=O) groups excluding carboxylic acids is 1. The molecule has 0 bridgehead atoms. The molecule has 2 fully saturated rings. The number of benzene rings is 2. The van der Waals surface area contributed by atoms with Crippen LogP contribution in [-0.4, -0.2) is 63.1 Å². The summed E-state index contributed by atoms with van der Waals surface area (Å²) in [7, 11) is 0. The van der Waals surface area contributed by atoms with Crippen LogP contribution in [0.1, 0.15) is 22.0 Å². The van der Waals surface area contributed by atoms with Gasteiger partial charge in [-0.2, -0.15) is 18.2 Å². The number of aliphatic hydroxyl groups is 2. The molecule has 13 heteroatoms. The normalized spacial score (nSPS) is 24.0. The summed E-state index contributed by atoms with van der Waals surface area (Å²) in [6, 6.07) is 8.72. The molecular weight excluding hydrogens is 569 g/mol. The molecule has 1 amide bonds. The lowest BCUT2D eigenvalue weighted by molar-refractivity contribution is -0.190. The van der Waals surface area contributed by atoms with Crippen LogP contribution in [0.4, 0.5) is 22.0 Å². The largest absolute Gasteiger partial charge is 0.507 e. The van der Waals surface area contributed by atoms with Crippen LogP contribution < -0.4 is 0 Å². The van der Waals surface area contributed by atoms with Crippen molar-refractivity contribution in [1.29, 1.82) is 0 Å². The first kappa shape index (κ1) is 26.1. The van der Waals surface area contributed by atoms with E-state index in [9.17, 15) is 32.6 Å². The number of ether oxygens (including phenoxy) is 1. The van der Waals surface area contributed by atoms with Gasteiger partial charge in [0.15, 0.2) is 23.1 Å². The molecule has 41 heavy (non-hydrogen) atoms. The quantitative estimate of drug-likeness (QED) is 0.383. The van der Waals surface area contributed by atoms with Crippen molar-refractivity contribution < 1.29 is 41.7 Å². The number of nitrogens with zero attached hydrogens (tertiary/aromatic N) is 3. The Balaban J connectivity index is 1.54. The highest BCUT2D eigenvalue weighted by Gasteiger charge is 2.51. The number of hydrogen-bond donors (Lipinski definition) is 2. The lowest BCUT2D eigenvalue weighted by Crippen LogP contribution is -2.67. The van der Waals surface area contributed by atoms with Crippen molar-refractivity contribution in [2.75, 3.05) is 19.8 Å². The first-order valence-electron chi connectivity index (χ1n) is 12.6. The van der Waals surface area contributed by atoms with Gasteiger partial charge in [-0.05, 0) is 34.9 Å². The first-order valence-corrected chi connectivity index (χ1v) is 13.4. The average molecular weight is 590 g/mol. The Kier molecular flexibility index (Phi) is 5.81. The molecule has 1 aliphatic carbocycles. The molecule has 212 valence electrons. The molecule has 2 aromatic carbocycles. The van der Waals surface area contributed by atoms with Crippen LogP contribution in [0.5, 0.6) is 0 Å². The molecule has 3 atom stereocenters. The summed E-state index contributed by atoms with van der Waals surface area (Å²) < 4.78 is 77.9. The van der Waals surface area contributed by atoms with E-state index in [2.05, 4.69) is 0 Å². The number of fused-ring (bicyclic) bond motifs is 7. The third-order valence-electron chi connectivity index (χ3n) is 7.75. The van der Waals surface area contributed by atoms with E-state index >= 15 is 4.39 Å². The van der Waals surface area contributed by atoms with E-state index in [1.165, 1.54) is 28.3 Å². The number of thiophene rings is 1. The summed E-state index contributed by atoms with van der Waals surface area (Å²) in [5.74, 6) is -3.68. The minimum atomic E-state index is -4.71. The van der Waals surface area contributed by atoms with Crippen LogP contribution in [0.15, 0.2) is 66.2 Å². The van der Waals surface area contributed by atoms with Gasteiger partial charge in [-0.15, -0.1) is 11.3 Å². The van der Waals surface area contributed by atoms with E-state index in [0.717, 1.165) is 12.1 Å². The van der Waals surface area contributed by atoms with Gasteiger partial charge < -0.3 is 19.8 Å². The highest BCUT2D eigenvalue weighted by atomic mass is 32.1. The molecule has 3 unspecified atom stereocenters. The molecule has 1 aromatic heterocycles. The van der Waals surface area contributed by atoms with Gasteiger partial charge in [0.2, 0.25) is 0 Å². The Morgan fingerprint density at radius 2 is 1.83 bits per heavy atom. The fourth-order valence-corrected chi connectivity index (χ4v) is 7.07. The molecule has 4 aliphatic rings. The maximum absolute atomic E-state index is 15.8. The molecule has 3 aromatic rings. The first-order chi connectivity index (χ1) is 19.6. The SMILES string of the molecule is O=C1C2=C(O)C(O)C=CN2N(C2c3ccccc3-c3sc(C(F)(F)F)cc3-c3c2ccc(F)c3F)C2COCCN12. The van der Waals surface area contributed by atoms with Crippen LogP contribution in [-0.2, 0) is 15.7 Å². The van der Waals surface area contributed by atoms with Crippen molar-refractivity contribution in [1.82, 2.24) is 14.9 Å². The number of carbonyl (C=O) groups is 1. The lowest BCUT2D eigenvalue weighted by atomic mass is 9.91. The maximum atomic E-state index is 15.8. The van der Waals surface area contributed by atoms with E-state index in [0.29, 0.717) is 22.5 Å². The standard InChI is InChI=1S/C28H20F5N3O4S/c29-17-6-5-15-21(22(17)30)16-11-19(28(31,32)33)41-26(16)14-4-2-1-3-13(14)23(15)36-20-12-40-10-9-34(20)27(39)24-25(38)18(37)7-8-35(24)36/h1-8,11,18,20,23,37-38H,9-10,12H2. The van der Waals surface area contributed by atoms with Gasteiger partial charge in [0, 0.05) is 28.7 Å². The van der Waals surface area contributed by atoms with Crippen molar-refractivity contribution in [2.45, 2.75) is 24.5 Å². The second kappa shape index (κ2) is 9.11. The predicted molar refractivity (Wildman–Crippen MR) is 137 cm³/mol. The van der Waals surface area contributed by atoms with Crippen molar-refractivity contribution in [3.63, 3.8) is 0 Å². The van der Waals surface area contributed by atoms with Gasteiger partial charge in [-0.25, -0.2) is 8.78 Å². The van der Waals surface area contributed by atoms with Crippen molar-refractivity contribution in [3.8, 4) is 21.6 Å². The van der Waals surface area contributed by atoms with Crippen LogP contribution in [0.25, 0.3) is 21.6 Å². The third-order valence-corrected chi connectivity index (χ3v) is 8.96. The number of alkyl halides is 3. The second-order valence-corrected chi connectivity index (χ2v) is 11.0. The fraction of sp³-hybridized carbons (Fsp3) is 0.250. The summed E-state index contributed by atoms with van der Waals surface area (Å²) in [5, 5.41) is 24.1. The second-order valence-electron chi connectivity index (χ2n) is 9.97. The zero-order valence-corrected chi connectivity index (χ0v) is 21.7. The molecular formula is C28H20F5N3O4S. The molecule has 3 aliphatic heterocycles. The number of aliphatic hydroxyl groups excluding tert-OH is 2. The summed E-state index contributed by atoms with van der Waals surface area (Å²) >= 11 is 0.440. The van der Waals surface area contributed by atoms with Crippen molar-refractivity contribution >= 4 is 17.2 Å². The Labute approximate surface area is 233 Å². The molecule has 7 rings (SSSR count). The van der Waals surface area contributed by atoms with Gasteiger partial charge in [0.25, 0.3) is 5.91 Å². The molecule has 2 N–H and O–H groups in total. The van der Waals surface area contributed by atoms with E-state index < -0.39 is 52.7 Å². The van der Waals surface area contributed by atoms with E-state index in [1.54, 1.807) is 29.3 Å². The Morgan fingerprint density at radius 3 is 2.61 bits per heavy atom. The number of hydrogen-bond acceptors (Lipinski definition) is 7. The molecule has 4 heterocycles. The van der Waals surface area contributed by atoms with Crippen LogP contribution in [0.2, 0.25) is 0 Å². The topological polar surface area (TPSA) is 76.5 Å². The smallest absolute Gasteiger partial charge is 0.425 e. The number of amides is 1. The number of hydrazine groups is 1. The Morgan fingerprint density at radius 1 is 1.05 bits per heavy atom. The summed E-state index contributed by atoms with van der Waals surface area (Å²) in [5.41, 5.74) is 0.339. The van der Waals surface area contributed by atoms with Crippen LogP contribution in [0, 0.1) is 11.6 Å². The molecule has 7 nitrogen and oxygen atoms in total. The number of rotatable bonds is 1. The Bertz CT molecular complexity index is 1670. The van der Waals surface area contributed by atoms with Gasteiger partial charge in [0.1, 0.15) is 17.1 Å². The zero-order chi connectivity index (χ0) is 28.8. The average Bonchev–Trinajstić information content (AvgIpc) is 3.36. The van der Waals surface area contributed by atoms with Gasteiger partial charge >= 0.3 is 6.18 Å². The maximum Gasteiger partial charge on any atom is 0.425 e. The number of halogens is 5. The zero-order valence-electron chi connectivity index (χ0n) is 20.9. The van der Waals surface area contributed by atoms with Crippen LogP contribution in [0.3, 0.4) is 0 Å². The molecule has 2 saturated heterocycles. The molecule has 0 saturated carbocycles. The summed E-state index contributed by atoms with van der Waals surface area (Å²) in [4.78, 5) is 14.2. The van der Waals surface area contributed by atoms with Gasteiger partial charge in [-0.3, -0.25) is 9.80 Å².